The molecule has 0 saturated heterocycles. The fourth-order valence-corrected chi connectivity index (χ4v) is 3.06. The fraction of sp³-hybridized carbons (Fsp3) is 0.278. The maximum absolute atomic E-state index is 12.7. The molecule has 1 amide bonds. The molecule has 1 N–H and O–H groups in total. The fourth-order valence-electron chi connectivity index (χ4n) is 2.24. The van der Waals surface area contributed by atoms with Crippen molar-refractivity contribution in [1.82, 2.24) is 5.32 Å². The van der Waals surface area contributed by atoms with Crippen LogP contribution >= 0.6 is 11.3 Å². The molecule has 118 valence electrons. The van der Waals surface area contributed by atoms with Gasteiger partial charge in [0.1, 0.15) is 0 Å². The number of aryl methyl sites for hydroxylation is 1. The van der Waals surface area contributed by atoms with Gasteiger partial charge in [0.2, 0.25) is 0 Å². The second-order valence-electron chi connectivity index (χ2n) is 5.68. The Morgan fingerprint density at radius 3 is 2.30 bits per heavy atom. The van der Waals surface area contributed by atoms with E-state index < -0.39 is 6.04 Å². The van der Waals surface area contributed by atoms with Gasteiger partial charge in [-0.25, -0.2) is 0 Å². The first-order chi connectivity index (χ1) is 10.9. The molecule has 5 heteroatoms. The molecule has 0 fully saturated rings. The molecule has 1 aromatic heterocycles. The minimum absolute atomic E-state index is 0.0395. The number of nitrogens with one attached hydrogen (secondary N) is 1. The van der Waals surface area contributed by atoms with Crippen LogP contribution in [0.3, 0.4) is 0 Å². The van der Waals surface area contributed by atoms with Crippen molar-refractivity contribution in [3.8, 4) is 6.07 Å². The van der Waals surface area contributed by atoms with Crippen LogP contribution in [0.2, 0.25) is 0 Å². The Morgan fingerprint density at radius 2 is 1.83 bits per heavy atom. The minimum atomic E-state index is -0.600. The van der Waals surface area contributed by atoms with Crippen LogP contribution < -0.4 is 5.32 Å². The molecule has 1 unspecified atom stereocenters. The summed E-state index contributed by atoms with van der Waals surface area (Å²) in [5.74, 6) is -0.410. The summed E-state index contributed by atoms with van der Waals surface area (Å²) in [5, 5.41) is 13.5. The van der Waals surface area contributed by atoms with Crippen molar-refractivity contribution in [1.29, 1.82) is 5.26 Å². The van der Waals surface area contributed by atoms with Crippen LogP contribution in [-0.4, -0.2) is 17.7 Å². The van der Waals surface area contributed by atoms with E-state index >= 15 is 0 Å². The molecule has 0 spiro atoms. The van der Waals surface area contributed by atoms with Crippen molar-refractivity contribution >= 4 is 23.0 Å². The van der Waals surface area contributed by atoms with E-state index in [9.17, 15) is 9.59 Å². The third-order valence-corrected chi connectivity index (χ3v) is 4.62. The Morgan fingerprint density at radius 1 is 1.17 bits per heavy atom. The number of thiophene rings is 1. The zero-order chi connectivity index (χ0) is 17.0. The lowest BCUT2D eigenvalue weighted by Gasteiger charge is -2.21. The average Bonchev–Trinajstić information content (AvgIpc) is 2.97. The van der Waals surface area contributed by atoms with Crippen LogP contribution in [0, 0.1) is 24.2 Å². The summed E-state index contributed by atoms with van der Waals surface area (Å²) < 4.78 is 0. The van der Waals surface area contributed by atoms with Crippen molar-refractivity contribution in [2.75, 3.05) is 0 Å². The molecule has 4 nitrogen and oxygen atoms in total. The normalized spacial score (nSPS) is 11.8. The summed E-state index contributed by atoms with van der Waals surface area (Å²) in [6.07, 6.45) is 0. The van der Waals surface area contributed by atoms with Gasteiger partial charge >= 0.3 is 0 Å². The van der Waals surface area contributed by atoms with Gasteiger partial charge in [-0.1, -0.05) is 26.0 Å². The van der Waals surface area contributed by atoms with Crippen molar-refractivity contribution in [2.45, 2.75) is 26.8 Å². The quantitative estimate of drug-likeness (QED) is 0.854. The van der Waals surface area contributed by atoms with E-state index in [0.29, 0.717) is 16.0 Å². The second-order valence-corrected chi connectivity index (χ2v) is 6.60. The van der Waals surface area contributed by atoms with E-state index in [4.69, 9.17) is 5.26 Å². The topological polar surface area (TPSA) is 70.0 Å². The highest BCUT2D eigenvalue weighted by Gasteiger charge is 2.26. The van der Waals surface area contributed by atoms with Crippen LogP contribution in [0.1, 0.15) is 45.0 Å². The van der Waals surface area contributed by atoms with E-state index in [1.165, 1.54) is 11.3 Å². The van der Waals surface area contributed by atoms with Gasteiger partial charge in [0.25, 0.3) is 5.91 Å². The van der Waals surface area contributed by atoms with Gasteiger partial charge in [-0.2, -0.15) is 5.26 Å². The van der Waals surface area contributed by atoms with Crippen LogP contribution in [0.5, 0.6) is 0 Å². The number of ketones is 1. The van der Waals surface area contributed by atoms with E-state index in [2.05, 4.69) is 5.32 Å². The number of rotatable bonds is 5. The third kappa shape index (κ3) is 3.85. The van der Waals surface area contributed by atoms with Crippen LogP contribution in [0.25, 0.3) is 0 Å². The maximum Gasteiger partial charge on any atom is 0.262 e. The summed E-state index contributed by atoms with van der Waals surface area (Å²) >= 11 is 1.36. The molecule has 0 bridgehead atoms. The first kappa shape index (κ1) is 16.9. The highest BCUT2D eigenvalue weighted by Crippen LogP contribution is 2.17. The van der Waals surface area contributed by atoms with Gasteiger partial charge in [-0.05, 0) is 42.0 Å². The Labute approximate surface area is 139 Å². The lowest BCUT2D eigenvalue weighted by atomic mass is 9.94. The van der Waals surface area contributed by atoms with E-state index in [0.717, 1.165) is 5.56 Å². The second kappa shape index (κ2) is 7.21. The Bertz CT molecular complexity index is 754. The number of nitrogens with zero attached hydrogens (tertiary/aromatic N) is 1. The molecule has 0 aliphatic rings. The zero-order valence-corrected chi connectivity index (χ0v) is 14.1. The summed E-state index contributed by atoms with van der Waals surface area (Å²) in [6, 6.07) is 9.77. The Hall–Kier alpha value is -2.45. The van der Waals surface area contributed by atoms with Gasteiger partial charge in [0, 0.05) is 5.56 Å². The Kier molecular flexibility index (Phi) is 5.30. The molecule has 1 aromatic carbocycles. The zero-order valence-electron chi connectivity index (χ0n) is 13.3. The molecule has 0 saturated carbocycles. The van der Waals surface area contributed by atoms with Gasteiger partial charge in [0.05, 0.1) is 22.6 Å². The summed E-state index contributed by atoms with van der Waals surface area (Å²) in [4.78, 5) is 25.7. The van der Waals surface area contributed by atoms with Gasteiger partial charge in [-0.3, -0.25) is 9.59 Å². The van der Waals surface area contributed by atoms with E-state index in [1.54, 1.807) is 24.3 Å². The van der Waals surface area contributed by atoms with Gasteiger partial charge in [0.15, 0.2) is 5.78 Å². The van der Waals surface area contributed by atoms with Crippen molar-refractivity contribution in [3.05, 3.63) is 57.3 Å². The van der Waals surface area contributed by atoms with Gasteiger partial charge < -0.3 is 5.32 Å². The predicted molar refractivity (Wildman–Crippen MR) is 90.6 cm³/mol. The first-order valence-corrected chi connectivity index (χ1v) is 8.21. The maximum atomic E-state index is 12.7. The summed E-state index contributed by atoms with van der Waals surface area (Å²) in [7, 11) is 0. The average molecular weight is 326 g/mol. The van der Waals surface area contributed by atoms with Crippen LogP contribution in [-0.2, 0) is 0 Å². The molecule has 23 heavy (non-hydrogen) atoms. The van der Waals surface area contributed by atoms with Crippen molar-refractivity contribution in [2.24, 2.45) is 5.92 Å². The lowest BCUT2D eigenvalue weighted by Crippen LogP contribution is -2.44. The predicted octanol–water partition coefficient (Wildman–Crippen LogP) is 3.57. The molecule has 2 rings (SSSR count). The minimum Gasteiger partial charge on any atom is -0.341 e. The molecule has 1 atom stereocenters. The molecular weight excluding hydrogens is 308 g/mol. The number of benzene rings is 1. The van der Waals surface area contributed by atoms with E-state index in [-0.39, 0.29) is 17.6 Å². The highest BCUT2D eigenvalue weighted by atomic mass is 32.1. The van der Waals surface area contributed by atoms with Crippen LogP contribution in [0.15, 0.2) is 35.7 Å². The standard InChI is InChI=1S/C18H18N2O2S/c1-11(2)15(20-18(22)17-12(3)8-9-23-17)16(21)14-6-4-13(10-19)5-7-14/h4-9,11,15H,1-3H3,(H,20,22). The number of amides is 1. The van der Waals surface area contributed by atoms with Gasteiger partial charge in [-0.15, -0.1) is 11.3 Å². The number of carbonyl (C=O) groups is 2. The highest BCUT2D eigenvalue weighted by molar-refractivity contribution is 7.12. The number of hydrogen-bond acceptors (Lipinski definition) is 4. The monoisotopic (exact) mass is 326 g/mol. The Balaban J connectivity index is 2.20. The molecule has 0 aliphatic heterocycles. The SMILES string of the molecule is Cc1ccsc1C(=O)NC(C(=O)c1ccc(C#N)cc1)C(C)C. The molecule has 1 heterocycles. The number of Topliss-reactive ketones (excluding diaryl/α,β-unsaturated/α-hetero) is 1. The number of nitriles is 1. The number of hydrogen-bond donors (Lipinski definition) is 1. The van der Waals surface area contributed by atoms with Crippen molar-refractivity contribution < 1.29 is 9.59 Å². The third-order valence-electron chi connectivity index (χ3n) is 3.60. The molecule has 0 radical (unpaired) electrons. The summed E-state index contributed by atoms with van der Waals surface area (Å²) in [6.45, 7) is 5.67. The molecule has 2 aromatic rings. The summed E-state index contributed by atoms with van der Waals surface area (Å²) in [5.41, 5.74) is 1.90. The largest absolute Gasteiger partial charge is 0.341 e. The lowest BCUT2D eigenvalue weighted by molar-refractivity contribution is 0.0833. The number of carbonyl (C=O) groups excluding carboxylic acids is 2. The molecule has 0 aliphatic carbocycles. The molecular formula is C18H18N2O2S. The first-order valence-electron chi connectivity index (χ1n) is 7.33. The van der Waals surface area contributed by atoms with Crippen molar-refractivity contribution in [3.63, 3.8) is 0 Å². The van der Waals surface area contributed by atoms with E-state index in [1.807, 2.05) is 38.3 Å². The van der Waals surface area contributed by atoms with Crippen LogP contribution in [0.4, 0.5) is 0 Å². The smallest absolute Gasteiger partial charge is 0.262 e.